The molecule has 2 amide bonds. The topological polar surface area (TPSA) is 128 Å². The first-order valence-corrected chi connectivity index (χ1v) is 9.07. The number of benzene rings is 1. The molecule has 1 aliphatic heterocycles. The Morgan fingerprint density at radius 1 is 1.25 bits per heavy atom. The SMILES string of the molecule is Cc1nnc(-c2ccc(NC(=O)NCCc3noc(C4CCCO4)n3)cc2)o1. The molecule has 0 bridgehead atoms. The molecule has 1 saturated heterocycles. The first-order chi connectivity index (χ1) is 13.7. The molecule has 1 unspecified atom stereocenters. The van der Waals surface area contributed by atoms with Crippen LogP contribution >= 0.6 is 0 Å². The first-order valence-electron chi connectivity index (χ1n) is 9.07. The van der Waals surface area contributed by atoms with Gasteiger partial charge in [0.2, 0.25) is 11.8 Å². The zero-order chi connectivity index (χ0) is 19.3. The molecule has 10 nitrogen and oxygen atoms in total. The Morgan fingerprint density at radius 3 is 2.82 bits per heavy atom. The lowest BCUT2D eigenvalue weighted by molar-refractivity contribution is 0.0835. The fourth-order valence-corrected chi connectivity index (χ4v) is 2.84. The second-order valence-corrected chi connectivity index (χ2v) is 6.38. The van der Waals surface area contributed by atoms with Gasteiger partial charge in [0.25, 0.3) is 5.89 Å². The monoisotopic (exact) mass is 384 g/mol. The fraction of sp³-hybridized carbons (Fsp3) is 0.389. The number of amides is 2. The standard InChI is InChI=1S/C18H20N6O4/c1-11-22-23-16(27-11)12-4-6-13(7-5-12)20-18(25)19-9-8-15-21-17(28-24-15)14-3-2-10-26-14/h4-7,14H,2-3,8-10H2,1H3,(H2,19,20,25). The predicted octanol–water partition coefficient (Wildman–Crippen LogP) is 2.64. The molecule has 1 aromatic carbocycles. The highest BCUT2D eigenvalue weighted by Gasteiger charge is 2.23. The number of aromatic nitrogens is 4. The smallest absolute Gasteiger partial charge is 0.319 e. The Morgan fingerprint density at radius 2 is 2.11 bits per heavy atom. The number of rotatable bonds is 6. The van der Waals surface area contributed by atoms with Gasteiger partial charge in [0, 0.05) is 37.7 Å². The average molecular weight is 384 g/mol. The molecule has 146 valence electrons. The minimum atomic E-state index is -0.316. The lowest BCUT2D eigenvalue weighted by atomic mass is 10.2. The highest BCUT2D eigenvalue weighted by molar-refractivity contribution is 5.89. The van der Waals surface area contributed by atoms with Crippen LogP contribution in [0, 0.1) is 6.92 Å². The van der Waals surface area contributed by atoms with E-state index in [0.29, 0.717) is 42.1 Å². The van der Waals surface area contributed by atoms with Crippen LogP contribution in [-0.2, 0) is 11.2 Å². The van der Waals surface area contributed by atoms with Crippen LogP contribution in [0.3, 0.4) is 0 Å². The number of aryl methyl sites for hydroxylation is 1. The molecule has 0 spiro atoms. The molecule has 1 fully saturated rings. The molecule has 2 N–H and O–H groups in total. The number of carbonyl (C=O) groups is 1. The number of nitrogens with one attached hydrogen (secondary N) is 2. The van der Waals surface area contributed by atoms with Crippen molar-refractivity contribution in [3.8, 4) is 11.5 Å². The van der Waals surface area contributed by atoms with Crippen molar-refractivity contribution in [1.82, 2.24) is 25.7 Å². The van der Waals surface area contributed by atoms with Gasteiger partial charge >= 0.3 is 6.03 Å². The van der Waals surface area contributed by atoms with Crippen molar-refractivity contribution in [3.05, 3.63) is 41.9 Å². The van der Waals surface area contributed by atoms with E-state index in [-0.39, 0.29) is 12.1 Å². The van der Waals surface area contributed by atoms with E-state index >= 15 is 0 Å². The van der Waals surface area contributed by atoms with Gasteiger partial charge in [-0.3, -0.25) is 0 Å². The summed E-state index contributed by atoms with van der Waals surface area (Å²) >= 11 is 0. The van der Waals surface area contributed by atoms with Gasteiger partial charge in [0.05, 0.1) is 0 Å². The zero-order valence-corrected chi connectivity index (χ0v) is 15.3. The summed E-state index contributed by atoms with van der Waals surface area (Å²) in [5.41, 5.74) is 1.43. The third-order valence-electron chi connectivity index (χ3n) is 4.24. The fourth-order valence-electron chi connectivity index (χ4n) is 2.84. The molecular weight excluding hydrogens is 364 g/mol. The summed E-state index contributed by atoms with van der Waals surface area (Å²) in [6.07, 6.45) is 2.27. The Labute approximate surface area is 160 Å². The number of hydrogen-bond donors (Lipinski definition) is 2. The van der Waals surface area contributed by atoms with Crippen molar-refractivity contribution >= 4 is 11.7 Å². The molecule has 28 heavy (non-hydrogen) atoms. The summed E-state index contributed by atoms with van der Waals surface area (Å²) < 4.78 is 16.1. The van der Waals surface area contributed by atoms with Crippen LogP contribution in [0.15, 0.2) is 33.2 Å². The van der Waals surface area contributed by atoms with Crippen LogP contribution in [0.1, 0.15) is 36.6 Å². The zero-order valence-electron chi connectivity index (χ0n) is 15.3. The van der Waals surface area contributed by atoms with Crippen LogP contribution in [0.25, 0.3) is 11.5 Å². The molecule has 4 rings (SSSR count). The number of hydrogen-bond acceptors (Lipinski definition) is 8. The molecule has 3 aromatic rings. The predicted molar refractivity (Wildman–Crippen MR) is 97.4 cm³/mol. The van der Waals surface area contributed by atoms with Crippen molar-refractivity contribution in [3.63, 3.8) is 0 Å². The lowest BCUT2D eigenvalue weighted by Crippen LogP contribution is -2.30. The highest BCUT2D eigenvalue weighted by atomic mass is 16.5. The van der Waals surface area contributed by atoms with Gasteiger partial charge in [0.15, 0.2) is 5.82 Å². The van der Waals surface area contributed by atoms with Gasteiger partial charge in [-0.2, -0.15) is 4.98 Å². The maximum absolute atomic E-state index is 12.0. The largest absolute Gasteiger partial charge is 0.421 e. The lowest BCUT2D eigenvalue weighted by Gasteiger charge is -2.07. The summed E-state index contributed by atoms with van der Waals surface area (Å²) in [4.78, 5) is 16.3. The summed E-state index contributed by atoms with van der Waals surface area (Å²) in [7, 11) is 0. The number of carbonyl (C=O) groups excluding carboxylic acids is 1. The summed E-state index contributed by atoms with van der Waals surface area (Å²) in [6.45, 7) is 2.84. The first kappa shape index (κ1) is 18.1. The number of anilines is 1. The normalized spacial score (nSPS) is 16.2. The van der Waals surface area contributed by atoms with Crippen molar-refractivity contribution in [2.24, 2.45) is 0 Å². The van der Waals surface area contributed by atoms with E-state index in [1.165, 1.54) is 0 Å². The van der Waals surface area contributed by atoms with Crippen LogP contribution in [0.2, 0.25) is 0 Å². The molecule has 3 heterocycles. The maximum atomic E-state index is 12.0. The third kappa shape index (κ3) is 4.34. The number of nitrogens with zero attached hydrogens (tertiary/aromatic N) is 4. The highest BCUT2D eigenvalue weighted by Crippen LogP contribution is 2.26. The second kappa shape index (κ2) is 8.17. The average Bonchev–Trinajstić information content (AvgIpc) is 3.44. The summed E-state index contributed by atoms with van der Waals surface area (Å²) in [6, 6.07) is 6.82. The minimum absolute atomic E-state index is 0.100. The van der Waals surface area contributed by atoms with Crippen LogP contribution in [0.4, 0.5) is 10.5 Å². The Hall–Kier alpha value is -3.27. The van der Waals surface area contributed by atoms with Crippen LogP contribution in [-0.4, -0.2) is 39.5 Å². The van der Waals surface area contributed by atoms with Gasteiger partial charge < -0.3 is 24.3 Å². The molecule has 0 radical (unpaired) electrons. The van der Waals surface area contributed by atoms with Crippen molar-refractivity contribution in [2.45, 2.75) is 32.3 Å². The van der Waals surface area contributed by atoms with Crippen LogP contribution in [0.5, 0.6) is 0 Å². The molecule has 0 aliphatic carbocycles. The van der Waals surface area contributed by atoms with E-state index in [1.54, 1.807) is 31.2 Å². The third-order valence-corrected chi connectivity index (χ3v) is 4.24. The van der Waals surface area contributed by atoms with Crippen molar-refractivity contribution in [1.29, 1.82) is 0 Å². The Bertz CT molecular complexity index is 930. The van der Waals surface area contributed by atoms with E-state index in [4.69, 9.17) is 13.7 Å². The van der Waals surface area contributed by atoms with Crippen LogP contribution < -0.4 is 10.6 Å². The Kier molecular flexibility index (Phi) is 5.29. The van der Waals surface area contributed by atoms with E-state index in [9.17, 15) is 4.79 Å². The molecule has 2 aromatic heterocycles. The van der Waals surface area contributed by atoms with Gasteiger partial charge in [-0.25, -0.2) is 4.79 Å². The van der Waals surface area contributed by atoms with Crippen molar-refractivity contribution < 1.29 is 18.5 Å². The molecule has 1 atom stereocenters. The molecule has 10 heteroatoms. The van der Waals surface area contributed by atoms with Gasteiger partial charge in [-0.15, -0.1) is 10.2 Å². The Balaban J connectivity index is 1.23. The quantitative estimate of drug-likeness (QED) is 0.664. The maximum Gasteiger partial charge on any atom is 0.319 e. The van der Waals surface area contributed by atoms with E-state index in [1.807, 2.05) is 0 Å². The molecule has 0 saturated carbocycles. The molecule has 1 aliphatic rings. The number of ether oxygens (including phenoxy) is 1. The van der Waals surface area contributed by atoms with E-state index in [2.05, 4.69) is 31.0 Å². The van der Waals surface area contributed by atoms with Gasteiger partial charge in [-0.05, 0) is 37.1 Å². The molecular formula is C18H20N6O4. The summed E-state index contributed by atoms with van der Waals surface area (Å²) in [5, 5.41) is 17.2. The van der Waals surface area contributed by atoms with Crippen molar-refractivity contribution in [2.75, 3.05) is 18.5 Å². The summed E-state index contributed by atoms with van der Waals surface area (Å²) in [5.74, 6) is 2.00. The number of urea groups is 1. The minimum Gasteiger partial charge on any atom is -0.421 e. The van der Waals surface area contributed by atoms with E-state index < -0.39 is 0 Å². The van der Waals surface area contributed by atoms with E-state index in [0.717, 1.165) is 25.0 Å². The second-order valence-electron chi connectivity index (χ2n) is 6.38. The van der Waals surface area contributed by atoms with Gasteiger partial charge in [0.1, 0.15) is 6.10 Å². The van der Waals surface area contributed by atoms with Gasteiger partial charge in [-0.1, -0.05) is 5.16 Å².